The van der Waals surface area contributed by atoms with Crippen molar-refractivity contribution in [2.24, 2.45) is 0 Å². The molecule has 4 aromatic carbocycles. The minimum Gasteiger partial charge on any atom is -0.354 e. The Balaban J connectivity index is 1.56. The summed E-state index contributed by atoms with van der Waals surface area (Å²) in [7, 11) is -3.57. The van der Waals surface area contributed by atoms with Crippen LogP contribution in [0.15, 0.2) is 114 Å². The van der Waals surface area contributed by atoms with Gasteiger partial charge in [0.15, 0.2) is 0 Å². The van der Waals surface area contributed by atoms with Gasteiger partial charge < -0.3 is 10.2 Å². The number of nitrogens with zero attached hydrogens (tertiary/aromatic N) is 1. The van der Waals surface area contributed by atoms with E-state index in [1.54, 1.807) is 36.1 Å². The summed E-state index contributed by atoms with van der Waals surface area (Å²) < 4.78 is 27.1. The maximum Gasteiger partial charge on any atom is 0.247 e. The average Bonchev–Trinajstić information content (AvgIpc) is 3.02. The fourth-order valence-corrected chi connectivity index (χ4v) is 5.96. The quantitative estimate of drug-likeness (QED) is 0.190. The molecule has 0 radical (unpaired) electrons. The first-order chi connectivity index (χ1) is 20.8. The Hall–Kier alpha value is -3.98. The average molecular weight is 618 g/mol. The van der Waals surface area contributed by atoms with Crippen molar-refractivity contribution >= 4 is 33.4 Å². The molecule has 0 saturated carbocycles. The van der Waals surface area contributed by atoms with Gasteiger partial charge in [-0.05, 0) is 59.4 Å². The maximum absolute atomic E-state index is 13.9. The molecular formula is C34H36ClN3O4S. The van der Waals surface area contributed by atoms with E-state index in [0.29, 0.717) is 36.5 Å². The van der Waals surface area contributed by atoms with Gasteiger partial charge in [-0.25, -0.2) is 13.1 Å². The number of rotatable bonds is 14. The minimum atomic E-state index is -3.57. The van der Waals surface area contributed by atoms with Gasteiger partial charge in [-0.15, -0.1) is 0 Å². The summed E-state index contributed by atoms with van der Waals surface area (Å²) in [5.74, 6) is -0.464. The number of hydrogen-bond donors (Lipinski definition) is 2. The van der Waals surface area contributed by atoms with Crippen molar-refractivity contribution in [3.8, 4) is 0 Å². The summed E-state index contributed by atoms with van der Waals surface area (Å²) >= 11 is 6.12. The van der Waals surface area contributed by atoms with Crippen LogP contribution in [0.4, 0.5) is 0 Å². The van der Waals surface area contributed by atoms with E-state index in [9.17, 15) is 18.0 Å². The highest BCUT2D eigenvalue weighted by molar-refractivity contribution is 7.89. The molecule has 2 amide bonds. The number of nitrogens with one attached hydrogen (secondary N) is 2. The first-order valence-corrected chi connectivity index (χ1v) is 16.1. The maximum atomic E-state index is 13.9. The van der Waals surface area contributed by atoms with E-state index in [0.717, 1.165) is 16.7 Å². The van der Waals surface area contributed by atoms with E-state index in [4.69, 9.17) is 11.6 Å². The van der Waals surface area contributed by atoms with Crippen LogP contribution in [0.2, 0.25) is 5.02 Å². The lowest BCUT2D eigenvalue weighted by molar-refractivity contribution is -0.141. The second-order valence-corrected chi connectivity index (χ2v) is 12.3. The largest absolute Gasteiger partial charge is 0.354 e. The van der Waals surface area contributed by atoms with E-state index in [-0.39, 0.29) is 29.7 Å². The molecule has 2 N–H and O–H groups in total. The molecule has 0 bridgehead atoms. The third-order valence-electron chi connectivity index (χ3n) is 7.01. The van der Waals surface area contributed by atoms with Crippen LogP contribution < -0.4 is 10.0 Å². The molecule has 7 nitrogen and oxygen atoms in total. The third-order valence-corrected chi connectivity index (χ3v) is 8.83. The van der Waals surface area contributed by atoms with Gasteiger partial charge in [0.2, 0.25) is 21.8 Å². The number of hydrogen-bond acceptors (Lipinski definition) is 4. The highest BCUT2D eigenvalue weighted by atomic mass is 35.5. The SMILES string of the molecule is CCNS(=O)(=O)c1ccc(CCC(=O)N(Cc2ccc(Cl)cc2)[C@H](C(=O)NCCc2ccccc2)c2ccccc2)cc1. The molecule has 0 aliphatic heterocycles. The molecule has 0 aliphatic carbocycles. The molecule has 0 heterocycles. The van der Waals surface area contributed by atoms with E-state index in [1.807, 2.05) is 72.8 Å². The van der Waals surface area contributed by atoms with Gasteiger partial charge in [-0.3, -0.25) is 9.59 Å². The molecule has 0 unspecified atom stereocenters. The predicted octanol–water partition coefficient (Wildman–Crippen LogP) is 5.70. The highest BCUT2D eigenvalue weighted by Gasteiger charge is 2.31. The monoisotopic (exact) mass is 617 g/mol. The summed E-state index contributed by atoms with van der Waals surface area (Å²) in [6.07, 6.45) is 1.18. The van der Waals surface area contributed by atoms with Crippen molar-refractivity contribution < 1.29 is 18.0 Å². The second kappa shape index (κ2) is 15.5. The first kappa shape index (κ1) is 31.9. The number of benzene rings is 4. The molecule has 4 aromatic rings. The molecule has 0 spiro atoms. The van der Waals surface area contributed by atoms with Crippen molar-refractivity contribution in [2.75, 3.05) is 13.1 Å². The molecule has 0 aromatic heterocycles. The standard InChI is InChI=1S/C34H36ClN3O4S/c1-2-37-43(41,42)31-20-15-27(16-21-31)17-22-32(39)38(25-28-13-18-30(35)19-14-28)33(29-11-7-4-8-12-29)34(40)36-24-23-26-9-5-3-6-10-26/h3-16,18-21,33,37H,2,17,22-25H2,1H3,(H,36,40)/t33-/m0/s1. The number of halogens is 1. The van der Waals surface area contributed by atoms with Crippen molar-refractivity contribution in [1.82, 2.24) is 14.9 Å². The van der Waals surface area contributed by atoms with Gasteiger partial charge in [-0.2, -0.15) is 0 Å². The Morgan fingerprint density at radius 3 is 1.98 bits per heavy atom. The zero-order valence-electron chi connectivity index (χ0n) is 24.1. The molecule has 224 valence electrons. The molecule has 43 heavy (non-hydrogen) atoms. The van der Waals surface area contributed by atoms with Crippen LogP contribution in [0.25, 0.3) is 0 Å². The van der Waals surface area contributed by atoms with Crippen molar-refractivity contribution in [2.45, 2.75) is 43.7 Å². The smallest absolute Gasteiger partial charge is 0.247 e. The predicted molar refractivity (Wildman–Crippen MR) is 170 cm³/mol. The van der Waals surface area contributed by atoms with Crippen LogP contribution in [-0.4, -0.2) is 38.2 Å². The number of carbonyl (C=O) groups excluding carboxylic acids is 2. The molecule has 0 fully saturated rings. The van der Waals surface area contributed by atoms with E-state index in [2.05, 4.69) is 10.0 Å². The van der Waals surface area contributed by atoms with Gasteiger partial charge >= 0.3 is 0 Å². The van der Waals surface area contributed by atoms with Crippen molar-refractivity contribution in [1.29, 1.82) is 0 Å². The van der Waals surface area contributed by atoms with Crippen LogP contribution in [0.5, 0.6) is 0 Å². The summed E-state index contributed by atoms with van der Waals surface area (Å²) in [5.41, 5.74) is 3.48. The van der Waals surface area contributed by atoms with Crippen LogP contribution in [0.3, 0.4) is 0 Å². The van der Waals surface area contributed by atoms with Gasteiger partial charge in [0, 0.05) is 31.1 Å². The Labute approximate surface area is 258 Å². The molecule has 9 heteroatoms. The second-order valence-electron chi connectivity index (χ2n) is 10.1. The highest BCUT2D eigenvalue weighted by Crippen LogP contribution is 2.26. The van der Waals surface area contributed by atoms with Crippen LogP contribution in [-0.2, 0) is 39.0 Å². The zero-order chi connectivity index (χ0) is 30.7. The van der Waals surface area contributed by atoms with E-state index in [1.165, 1.54) is 12.1 Å². The molecule has 0 saturated heterocycles. The van der Waals surface area contributed by atoms with Crippen LogP contribution in [0.1, 0.15) is 41.6 Å². The molecular weight excluding hydrogens is 582 g/mol. The fraction of sp³-hybridized carbons (Fsp3) is 0.235. The Kier molecular flexibility index (Phi) is 11.5. The zero-order valence-corrected chi connectivity index (χ0v) is 25.7. The Morgan fingerprint density at radius 1 is 0.767 bits per heavy atom. The number of amides is 2. The number of sulfonamides is 1. The van der Waals surface area contributed by atoms with Crippen LogP contribution >= 0.6 is 11.6 Å². The summed E-state index contributed by atoms with van der Waals surface area (Å²) in [6, 6.07) is 32.1. The molecule has 4 rings (SSSR count). The van der Waals surface area contributed by atoms with Crippen LogP contribution in [0, 0.1) is 0 Å². The topological polar surface area (TPSA) is 95.6 Å². The third kappa shape index (κ3) is 9.25. The summed E-state index contributed by atoms with van der Waals surface area (Å²) in [4.78, 5) is 29.5. The van der Waals surface area contributed by atoms with Gasteiger partial charge in [0.1, 0.15) is 6.04 Å². The van der Waals surface area contributed by atoms with E-state index < -0.39 is 16.1 Å². The van der Waals surface area contributed by atoms with Gasteiger partial charge in [0.25, 0.3) is 0 Å². The molecule has 1 atom stereocenters. The lowest BCUT2D eigenvalue weighted by Gasteiger charge is -2.32. The van der Waals surface area contributed by atoms with Crippen molar-refractivity contribution in [3.63, 3.8) is 0 Å². The minimum absolute atomic E-state index is 0.132. The lowest BCUT2D eigenvalue weighted by atomic mass is 10.0. The fourth-order valence-electron chi connectivity index (χ4n) is 4.79. The Bertz CT molecular complexity index is 1580. The normalized spacial score (nSPS) is 12.0. The van der Waals surface area contributed by atoms with Gasteiger partial charge in [0.05, 0.1) is 4.90 Å². The number of carbonyl (C=O) groups is 2. The lowest BCUT2D eigenvalue weighted by Crippen LogP contribution is -2.44. The first-order valence-electron chi connectivity index (χ1n) is 14.3. The summed E-state index contributed by atoms with van der Waals surface area (Å²) in [5, 5.41) is 3.63. The van der Waals surface area contributed by atoms with E-state index >= 15 is 0 Å². The van der Waals surface area contributed by atoms with Crippen molar-refractivity contribution in [3.05, 3.63) is 136 Å². The molecule has 0 aliphatic rings. The number of aryl methyl sites for hydroxylation is 1. The van der Waals surface area contributed by atoms with Gasteiger partial charge in [-0.1, -0.05) is 103 Å². The Morgan fingerprint density at radius 2 is 1.35 bits per heavy atom. The summed E-state index contributed by atoms with van der Waals surface area (Å²) in [6.45, 7) is 2.66.